The van der Waals surface area contributed by atoms with Crippen molar-refractivity contribution >= 4 is 21.4 Å². The van der Waals surface area contributed by atoms with Gasteiger partial charge in [0.15, 0.2) is 9.84 Å². The van der Waals surface area contributed by atoms with E-state index in [-0.39, 0.29) is 10.8 Å². The predicted octanol–water partition coefficient (Wildman–Crippen LogP) is 3.80. The minimum atomic E-state index is -3.25. The van der Waals surface area contributed by atoms with Gasteiger partial charge in [-0.1, -0.05) is 24.3 Å². The second-order valence-corrected chi connectivity index (χ2v) is 9.10. The third-order valence-electron chi connectivity index (χ3n) is 5.06. The van der Waals surface area contributed by atoms with Crippen LogP contribution in [0, 0.1) is 0 Å². The molecule has 0 saturated heterocycles. The van der Waals surface area contributed by atoms with Gasteiger partial charge in [0.2, 0.25) is 5.91 Å². The normalized spacial score (nSPS) is 19.0. The highest BCUT2D eigenvalue weighted by Gasteiger charge is 2.44. The molecule has 0 spiro atoms. The number of sulfone groups is 1. The molecule has 0 radical (unpaired) electrons. The van der Waals surface area contributed by atoms with Crippen LogP contribution in [0.2, 0.25) is 0 Å². The molecule has 6 heteroatoms. The molecule has 27 heavy (non-hydrogen) atoms. The molecule has 1 aromatic heterocycles. The molecule has 1 aliphatic rings. The maximum absolute atomic E-state index is 12.9. The molecule has 138 valence electrons. The van der Waals surface area contributed by atoms with E-state index in [4.69, 9.17) is 4.42 Å². The van der Waals surface area contributed by atoms with E-state index in [1.54, 1.807) is 30.5 Å². The Labute approximate surface area is 157 Å². The number of hydrogen-bond acceptors (Lipinski definition) is 4. The van der Waals surface area contributed by atoms with Gasteiger partial charge in [-0.2, -0.15) is 0 Å². The molecule has 1 unspecified atom stereocenters. The summed E-state index contributed by atoms with van der Waals surface area (Å²) in [7, 11) is -3.25. The minimum absolute atomic E-state index is 0.0799. The zero-order chi connectivity index (χ0) is 19.2. The summed E-state index contributed by atoms with van der Waals surface area (Å²) in [6.07, 6.45) is 3.24. The topological polar surface area (TPSA) is 76.4 Å². The standard InChI is InChI=1S/C21H19NO4S/c1-21(13-14-8-10-15(11-9-14)27(2,24)25)19-16(18-7-4-12-26-18)5-3-6-17(19)22-20(21)23/h3-12H,13H2,1-2H3,(H,22,23). The average molecular weight is 381 g/mol. The number of fused-ring (bicyclic) bond motifs is 1. The number of carbonyl (C=O) groups is 1. The number of anilines is 1. The van der Waals surface area contributed by atoms with Crippen LogP contribution in [0.15, 0.2) is 70.2 Å². The molecule has 0 fully saturated rings. The van der Waals surface area contributed by atoms with Gasteiger partial charge in [-0.15, -0.1) is 0 Å². The van der Waals surface area contributed by atoms with Crippen LogP contribution < -0.4 is 5.32 Å². The molecule has 0 saturated carbocycles. The summed E-state index contributed by atoms with van der Waals surface area (Å²) in [6, 6.07) is 16.1. The molecule has 0 aliphatic carbocycles. The molecule has 5 nitrogen and oxygen atoms in total. The van der Waals surface area contributed by atoms with Crippen LogP contribution in [0.3, 0.4) is 0 Å². The van der Waals surface area contributed by atoms with Crippen molar-refractivity contribution in [2.45, 2.75) is 23.7 Å². The summed E-state index contributed by atoms with van der Waals surface area (Å²) in [4.78, 5) is 13.1. The summed E-state index contributed by atoms with van der Waals surface area (Å²) in [5.74, 6) is 0.630. The Morgan fingerprint density at radius 2 is 1.78 bits per heavy atom. The largest absolute Gasteiger partial charge is 0.464 e. The fourth-order valence-electron chi connectivity index (χ4n) is 3.69. The van der Waals surface area contributed by atoms with Crippen LogP contribution >= 0.6 is 0 Å². The van der Waals surface area contributed by atoms with E-state index in [1.165, 1.54) is 6.26 Å². The van der Waals surface area contributed by atoms with Crippen LogP contribution in [-0.2, 0) is 26.5 Å². The fraction of sp³-hybridized carbons (Fsp3) is 0.190. The lowest BCUT2D eigenvalue weighted by Gasteiger charge is -2.24. The molecule has 0 bridgehead atoms. The van der Waals surface area contributed by atoms with Crippen LogP contribution in [0.25, 0.3) is 11.3 Å². The Hall–Kier alpha value is -2.86. The van der Waals surface area contributed by atoms with E-state index in [0.717, 1.165) is 22.4 Å². The Balaban J connectivity index is 1.77. The number of rotatable bonds is 4. The highest BCUT2D eigenvalue weighted by molar-refractivity contribution is 7.90. The van der Waals surface area contributed by atoms with E-state index < -0.39 is 15.3 Å². The van der Waals surface area contributed by atoms with Crippen LogP contribution in [0.5, 0.6) is 0 Å². The second kappa shape index (κ2) is 6.09. The average Bonchev–Trinajstić information content (AvgIpc) is 3.22. The third-order valence-corrected chi connectivity index (χ3v) is 6.19. The highest BCUT2D eigenvalue weighted by atomic mass is 32.2. The zero-order valence-electron chi connectivity index (χ0n) is 15.0. The first-order valence-corrected chi connectivity index (χ1v) is 10.5. The van der Waals surface area contributed by atoms with Gasteiger partial charge in [0.1, 0.15) is 5.76 Å². The molecule has 2 aromatic carbocycles. The van der Waals surface area contributed by atoms with E-state index in [1.807, 2.05) is 37.3 Å². The molecular weight excluding hydrogens is 362 g/mol. The zero-order valence-corrected chi connectivity index (χ0v) is 15.8. The summed E-state index contributed by atoms with van der Waals surface area (Å²) >= 11 is 0. The van der Waals surface area contributed by atoms with Crippen molar-refractivity contribution in [1.29, 1.82) is 0 Å². The third kappa shape index (κ3) is 2.96. The lowest BCUT2D eigenvalue weighted by atomic mass is 9.76. The maximum atomic E-state index is 12.9. The number of amides is 1. The molecule has 1 amide bonds. The number of hydrogen-bond donors (Lipinski definition) is 1. The SMILES string of the molecule is CC1(Cc2ccc(S(C)(=O)=O)cc2)C(=O)Nc2cccc(-c3ccco3)c21. The monoisotopic (exact) mass is 381 g/mol. The smallest absolute Gasteiger partial charge is 0.235 e. The predicted molar refractivity (Wildman–Crippen MR) is 103 cm³/mol. The van der Waals surface area contributed by atoms with E-state index >= 15 is 0 Å². The number of furan rings is 1. The second-order valence-electron chi connectivity index (χ2n) is 7.08. The van der Waals surface area contributed by atoms with Gasteiger partial charge in [0, 0.05) is 23.1 Å². The molecule has 2 heterocycles. The van der Waals surface area contributed by atoms with Gasteiger partial charge < -0.3 is 9.73 Å². The quantitative estimate of drug-likeness (QED) is 0.746. The van der Waals surface area contributed by atoms with E-state index in [9.17, 15) is 13.2 Å². The Bertz CT molecular complexity index is 1120. The van der Waals surface area contributed by atoms with Crippen LogP contribution in [0.1, 0.15) is 18.1 Å². The van der Waals surface area contributed by atoms with E-state index in [0.29, 0.717) is 12.2 Å². The molecule has 1 N–H and O–H groups in total. The summed E-state index contributed by atoms with van der Waals surface area (Å²) in [5.41, 5.74) is 2.67. The van der Waals surface area contributed by atoms with Crippen LogP contribution in [-0.4, -0.2) is 20.6 Å². The molecule has 4 rings (SSSR count). The first kappa shape index (κ1) is 17.5. The lowest BCUT2D eigenvalue weighted by Crippen LogP contribution is -2.33. The van der Waals surface area contributed by atoms with Crippen LogP contribution in [0.4, 0.5) is 5.69 Å². The van der Waals surface area contributed by atoms with Gasteiger partial charge in [-0.3, -0.25) is 4.79 Å². The molecule has 1 aliphatic heterocycles. The van der Waals surface area contributed by atoms with Gasteiger partial charge in [0.05, 0.1) is 16.6 Å². The van der Waals surface area contributed by atoms with Crippen molar-refractivity contribution in [1.82, 2.24) is 0 Å². The van der Waals surface area contributed by atoms with Gasteiger partial charge >= 0.3 is 0 Å². The first-order chi connectivity index (χ1) is 12.8. The Morgan fingerprint density at radius 1 is 1.04 bits per heavy atom. The van der Waals surface area contributed by atoms with Crippen molar-refractivity contribution in [2.24, 2.45) is 0 Å². The van der Waals surface area contributed by atoms with Crippen molar-refractivity contribution in [3.05, 3.63) is 72.0 Å². The maximum Gasteiger partial charge on any atom is 0.235 e. The highest BCUT2D eigenvalue weighted by Crippen LogP contribution is 2.45. The molecular formula is C21H19NO4S. The minimum Gasteiger partial charge on any atom is -0.464 e. The number of benzene rings is 2. The van der Waals surface area contributed by atoms with Crippen molar-refractivity contribution in [2.75, 3.05) is 11.6 Å². The summed E-state index contributed by atoms with van der Waals surface area (Å²) in [5, 5.41) is 2.97. The molecule has 3 aromatic rings. The Kier molecular flexibility index (Phi) is 3.96. The first-order valence-electron chi connectivity index (χ1n) is 8.57. The van der Waals surface area contributed by atoms with Gasteiger partial charge in [0.25, 0.3) is 0 Å². The Morgan fingerprint density at radius 3 is 2.41 bits per heavy atom. The van der Waals surface area contributed by atoms with Crippen molar-refractivity contribution < 1.29 is 17.6 Å². The summed E-state index contributed by atoms with van der Waals surface area (Å²) < 4.78 is 28.9. The summed E-state index contributed by atoms with van der Waals surface area (Å²) in [6.45, 7) is 1.91. The van der Waals surface area contributed by atoms with Crippen molar-refractivity contribution in [3.8, 4) is 11.3 Å². The lowest BCUT2D eigenvalue weighted by molar-refractivity contribution is -0.120. The van der Waals surface area contributed by atoms with Gasteiger partial charge in [-0.25, -0.2) is 8.42 Å². The fourth-order valence-corrected chi connectivity index (χ4v) is 4.32. The van der Waals surface area contributed by atoms with Gasteiger partial charge in [-0.05, 0) is 49.2 Å². The number of nitrogens with one attached hydrogen (secondary N) is 1. The van der Waals surface area contributed by atoms with Crippen molar-refractivity contribution in [3.63, 3.8) is 0 Å². The number of carbonyl (C=O) groups excluding carboxylic acids is 1. The molecule has 1 atom stereocenters. The van der Waals surface area contributed by atoms with E-state index in [2.05, 4.69) is 5.32 Å².